The molecule has 0 aromatic heterocycles. The van der Waals surface area contributed by atoms with E-state index in [1.807, 2.05) is 19.2 Å². The number of rotatable bonds is 7. The predicted molar refractivity (Wildman–Crippen MR) is 114 cm³/mol. The first-order valence-corrected chi connectivity index (χ1v) is 10.3. The van der Waals surface area contributed by atoms with Crippen LogP contribution in [0, 0.1) is 5.92 Å². The minimum Gasteiger partial charge on any atom is -0.368 e. The van der Waals surface area contributed by atoms with Gasteiger partial charge in [-0.25, -0.2) is 0 Å². The molecule has 27 heavy (non-hydrogen) atoms. The average molecular weight is 364 g/mol. The SMILES string of the molecule is COC(c1ccccc1)(c1ccccc1)C(C)C(N)CC=C1CCCCC1. The fourth-order valence-corrected chi connectivity index (χ4v) is 4.50. The zero-order valence-electron chi connectivity index (χ0n) is 16.7. The van der Waals surface area contributed by atoms with Gasteiger partial charge in [0.1, 0.15) is 5.60 Å². The molecule has 1 aliphatic carbocycles. The van der Waals surface area contributed by atoms with Crippen LogP contribution in [-0.4, -0.2) is 13.2 Å². The van der Waals surface area contributed by atoms with Gasteiger partial charge in [0.15, 0.2) is 0 Å². The summed E-state index contributed by atoms with van der Waals surface area (Å²) in [5.74, 6) is 0.132. The molecule has 0 spiro atoms. The molecule has 144 valence electrons. The summed E-state index contributed by atoms with van der Waals surface area (Å²) in [6, 6.07) is 21.0. The van der Waals surface area contributed by atoms with Gasteiger partial charge >= 0.3 is 0 Å². The first-order valence-electron chi connectivity index (χ1n) is 10.3. The van der Waals surface area contributed by atoms with Gasteiger partial charge in [-0.15, -0.1) is 0 Å². The van der Waals surface area contributed by atoms with Crippen LogP contribution >= 0.6 is 0 Å². The molecule has 3 rings (SSSR count). The Labute approximate surface area is 164 Å². The summed E-state index contributed by atoms with van der Waals surface area (Å²) in [5.41, 5.74) is 10.1. The molecule has 0 radical (unpaired) electrons. The second kappa shape index (κ2) is 9.34. The summed E-state index contributed by atoms with van der Waals surface area (Å²) in [6.07, 6.45) is 9.81. The molecular formula is C25H33NO. The molecule has 2 atom stereocenters. The summed E-state index contributed by atoms with van der Waals surface area (Å²) < 4.78 is 6.28. The van der Waals surface area contributed by atoms with Gasteiger partial charge in [0, 0.05) is 19.1 Å². The lowest BCUT2D eigenvalue weighted by molar-refractivity contribution is -0.0316. The van der Waals surface area contributed by atoms with E-state index in [1.54, 1.807) is 5.57 Å². The molecular weight excluding hydrogens is 330 g/mol. The molecule has 0 amide bonds. The van der Waals surface area contributed by atoms with Gasteiger partial charge in [0.2, 0.25) is 0 Å². The van der Waals surface area contributed by atoms with Crippen LogP contribution < -0.4 is 5.73 Å². The van der Waals surface area contributed by atoms with Crippen molar-refractivity contribution in [1.29, 1.82) is 0 Å². The van der Waals surface area contributed by atoms with Gasteiger partial charge < -0.3 is 10.5 Å². The predicted octanol–water partition coefficient (Wildman–Crippen LogP) is 5.82. The molecule has 2 aromatic carbocycles. The van der Waals surface area contributed by atoms with Crippen LogP contribution in [0.25, 0.3) is 0 Å². The average Bonchev–Trinajstić information content (AvgIpc) is 2.75. The lowest BCUT2D eigenvalue weighted by Crippen LogP contribution is -2.46. The Balaban J connectivity index is 1.92. The van der Waals surface area contributed by atoms with E-state index in [0.29, 0.717) is 0 Å². The fourth-order valence-electron chi connectivity index (χ4n) is 4.50. The van der Waals surface area contributed by atoms with E-state index in [0.717, 1.165) is 17.5 Å². The molecule has 2 heteroatoms. The summed E-state index contributed by atoms with van der Waals surface area (Å²) in [6.45, 7) is 2.23. The summed E-state index contributed by atoms with van der Waals surface area (Å²) in [7, 11) is 1.81. The smallest absolute Gasteiger partial charge is 0.122 e. The zero-order valence-corrected chi connectivity index (χ0v) is 16.7. The minimum absolute atomic E-state index is 0.0276. The van der Waals surface area contributed by atoms with E-state index >= 15 is 0 Å². The first-order chi connectivity index (χ1) is 13.2. The van der Waals surface area contributed by atoms with Crippen LogP contribution in [0.2, 0.25) is 0 Å². The van der Waals surface area contributed by atoms with Crippen molar-refractivity contribution >= 4 is 0 Å². The van der Waals surface area contributed by atoms with Gasteiger partial charge in [-0.05, 0) is 43.2 Å². The summed E-state index contributed by atoms with van der Waals surface area (Å²) in [5, 5.41) is 0. The second-order valence-corrected chi connectivity index (χ2v) is 7.78. The Morgan fingerprint density at radius 2 is 1.44 bits per heavy atom. The standard InChI is InChI=1S/C25H33NO/c1-20(24(26)19-18-21-12-6-3-7-13-21)25(27-2,22-14-8-4-9-15-22)23-16-10-5-11-17-23/h4-5,8-11,14-18,20,24H,3,6-7,12-13,19,26H2,1-2H3. The van der Waals surface area contributed by atoms with Crippen molar-refractivity contribution in [2.75, 3.05) is 7.11 Å². The highest BCUT2D eigenvalue weighted by atomic mass is 16.5. The highest BCUT2D eigenvalue weighted by Gasteiger charge is 2.42. The number of methoxy groups -OCH3 is 1. The lowest BCUT2D eigenvalue weighted by Gasteiger charge is -2.41. The van der Waals surface area contributed by atoms with Gasteiger partial charge in [-0.3, -0.25) is 0 Å². The van der Waals surface area contributed by atoms with Crippen LogP contribution in [-0.2, 0) is 10.3 Å². The molecule has 2 N–H and O–H groups in total. The molecule has 2 nitrogen and oxygen atoms in total. The van der Waals surface area contributed by atoms with Crippen molar-refractivity contribution in [3.8, 4) is 0 Å². The van der Waals surface area contributed by atoms with E-state index in [2.05, 4.69) is 61.5 Å². The van der Waals surface area contributed by atoms with Crippen LogP contribution in [0.15, 0.2) is 72.3 Å². The monoisotopic (exact) mass is 363 g/mol. The van der Waals surface area contributed by atoms with Gasteiger partial charge in [0.25, 0.3) is 0 Å². The number of nitrogens with two attached hydrogens (primary N) is 1. The third kappa shape index (κ3) is 4.34. The van der Waals surface area contributed by atoms with Crippen LogP contribution in [0.3, 0.4) is 0 Å². The minimum atomic E-state index is -0.549. The molecule has 0 heterocycles. The van der Waals surface area contributed by atoms with Gasteiger partial charge in [-0.1, -0.05) is 85.7 Å². The van der Waals surface area contributed by atoms with E-state index < -0.39 is 5.60 Å². The maximum absolute atomic E-state index is 6.75. The normalized spacial score (nSPS) is 17.4. The summed E-state index contributed by atoms with van der Waals surface area (Å²) >= 11 is 0. The van der Waals surface area contributed by atoms with E-state index in [4.69, 9.17) is 10.5 Å². The lowest BCUT2D eigenvalue weighted by atomic mass is 9.73. The molecule has 2 unspecified atom stereocenters. The Morgan fingerprint density at radius 1 is 0.926 bits per heavy atom. The molecule has 0 aliphatic heterocycles. The van der Waals surface area contributed by atoms with Crippen molar-refractivity contribution in [2.24, 2.45) is 11.7 Å². The molecule has 0 bridgehead atoms. The van der Waals surface area contributed by atoms with Gasteiger partial charge in [0.05, 0.1) is 0 Å². The Kier molecular flexibility index (Phi) is 6.87. The largest absolute Gasteiger partial charge is 0.368 e. The van der Waals surface area contributed by atoms with E-state index in [1.165, 1.54) is 32.1 Å². The summed E-state index contributed by atoms with van der Waals surface area (Å²) in [4.78, 5) is 0. The highest BCUT2D eigenvalue weighted by molar-refractivity contribution is 5.38. The van der Waals surface area contributed by atoms with Crippen molar-refractivity contribution < 1.29 is 4.74 Å². The number of benzene rings is 2. The Bertz CT molecular complexity index is 675. The molecule has 1 fully saturated rings. The Morgan fingerprint density at radius 3 is 1.93 bits per heavy atom. The number of hydrogen-bond acceptors (Lipinski definition) is 2. The van der Waals surface area contributed by atoms with E-state index in [-0.39, 0.29) is 12.0 Å². The van der Waals surface area contributed by atoms with Crippen molar-refractivity contribution in [3.63, 3.8) is 0 Å². The van der Waals surface area contributed by atoms with Crippen LogP contribution in [0.4, 0.5) is 0 Å². The molecule has 1 saturated carbocycles. The third-order valence-electron chi connectivity index (χ3n) is 6.19. The number of ether oxygens (including phenoxy) is 1. The van der Waals surface area contributed by atoms with Gasteiger partial charge in [-0.2, -0.15) is 0 Å². The van der Waals surface area contributed by atoms with Crippen molar-refractivity contribution in [3.05, 3.63) is 83.4 Å². The Hall–Kier alpha value is -1.90. The highest BCUT2D eigenvalue weighted by Crippen LogP contribution is 2.42. The molecule has 2 aromatic rings. The first kappa shape index (κ1) is 19.9. The van der Waals surface area contributed by atoms with Crippen LogP contribution in [0.1, 0.15) is 56.6 Å². The third-order valence-corrected chi connectivity index (χ3v) is 6.19. The second-order valence-electron chi connectivity index (χ2n) is 7.78. The van der Waals surface area contributed by atoms with E-state index in [9.17, 15) is 0 Å². The number of allylic oxidation sites excluding steroid dienone is 1. The van der Waals surface area contributed by atoms with Crippen molar-refractivity contribution in [1.82, 2.24) is 0 Å². The maximum Gasteiger partial charge on any atom is 0.122 e. The van der Waals surface area contributed by atoms with Crippen LogP contribution in [0.5, 0.6) is 0 Å². The molecule has 1 aliphatic rings. The maximum atomic E-state index is 6.75. The number of hydrogen-bond donors (Lipinski definition) is 1. The topological polar surface area (TPSA) is 35.2 Å². The quantitative estimate of drug-likeness (QED) is 0.629. The molecule has 0 saturated heterocycles. The zero-order chi connectivity index (χ0) is 19.1. The van der Waals surface area contributed by atoms with Crippen molar-refractivity contribution in [2.45, 2.75) is 57.1 Å². The fraction of sp³-hybridized carbons (Fsp3) is 0.440.